The highest BCUT2D eigenvalue weighted by Crippen LogP contribution is 2.27. The molecular weight excluding hydrogens is 290 g/mol. The Morgan fingerprint density at radius 2 is 1.78 bits per heavy atom. The van der Waals surface area contributed by atoms with Crippen molar-refractivity contribution in [1.29, 1.82) is 0 Å². The number of nitrogens with two attached hydrogens (primary N) is 1. The first-order valence-corrected chi connectivity index (χ1v) is 8.57. The molecule has 0 saturated heterocycles. The third-order valence-electron chi connectivity index (χ3n) is 3.75. The molecule has 0 fully saturated rings. The molecule has 1 aromatic rings. The molecular formula is C19H34NO3+. The van der Waals surface area contributed by atoms with Gasteiger partial charge in [-0.1, -0.05) is 32.9 Å². The van der Waals surface area contributed by atoms with E-state index < -0.39 is 0 Å². The third-order valence-corrected chi connectivity index (χ3v) is 3.75. The molecule has 2 N–H and O–H groups in total. The highest BCUT2D eigenvalue weighted by molar-refractivity contribution is 5.38. The molecule has 0 amide bonds. The molecule has 1 rings (SSSR count). The van der Waals surface area contributed by atoms with Crippen molar-refractivity contribution in [1.82, 2.24) is 0 Å². The van der Waals surface area contributed by atoms with E-state index in [-0.39, 0.29) is 5.41 Å². The lowest BCUT2D eigenvalue weighted by molar-refractivity contribution is -0.656. The number of ether oxygens (including phenoxy) is 3. The molecule has 0 spiro atoms. The summed E-state index contributed by atoms with van der Waals surface area (Å²) < 4.78 is 16.4. The second-order valence-electron chi connectivity index (χ2n) is 6.90. The minimum Gasteiger partial charge on any atom is -0.491 e. The van der Waals surface area contributed by atoms with Gasteiger partial charge in [0.15, 0.2) is 0 Å². The first kappa shape index (κ1) is 19.9. The van der Waals surface area contributed by atoms with Crippen molar-refractivity contribution in [2.75, 3.05) is 46.6 Å². The Morgan fingerprint density at radius 3 is 2.43 bits per heavy atom. The van der Waals surface area contributed by atoms with Crippen LogP contribution in [0.4, 0.5) is 0 Å². The van der Waals surface area contributed by atoms with E-state index in [4.69, 9.17) is 14.2 Å². The topological polar surface area (TPSA) is 44.3 Å². The van der Waals surface area contributed by atoms with Crippen LogP contribution in [0.15, 0.2) is 18.2 Å². The SMILES string of the molecule is COCCC[NH2+]CCOCCOc1ccc(C(C)(C)C)cc1C. The van der Waals surface area contributed by atoms with E-state index in [0.29, 0.717) is 13.2 Å². The van der Waals surface area contributed by atoms with Crippen LogP contribution in [0.25, 0.3) is 0 Å². The van der Waals surface area contributed by atoms with Crippen molar-refractivity contribution in [3.63, 3.8) is 0 Å². The summed E-state index contributed by atoms with van der Waals surface area (Å²) in [6.07, 6.45) is 1.09. The van der Waals surface area contributed by atoms with Crippen LogP contribution in [-0.2, 0) is 14.9 Å². The van der Waals surface area contributed by atoms with Gasteiger partial charge in [0.05, 0.1) is 32.9 Å². The predicted molar refractivity (Wildman–Crippen MR) is 94.3 cm³/mol. The van der Waals surface area contributed by atoms with Gasteiger partial charge in [-0.15, -0.1) is 0 Å². The first-order chi connectivity index (χ1) is 10.9. The summed E-state index contributed by atoms with van der Waals surface area (Å²) in [4.78, 5) is 0. The minimum absolute atomic E-state index is 0.173. The fourth-order valence-electron chi connectivity index (χ4n) is 2.27. The van der Waals surface area contributed by atoms with E-state index in [1.165, 1.54) is 11.1 Å². The van der Waals surface area contributed by atoms with Gasteiger partial charge in [0.1, 0.15) is 12.4 Å². The maximum absolute atomic E-state index is 5.81. The number of benzene rings is 1. The van der Waals surface area contributed by atoms with Crippen LogP contribution >= 0.6 is 0 Å². The van der Waals surface area contributed by atoms with Gasteiger partial charge in [0.2, 0.25) is 0 Å². The summed E-state index contributed by atoms with van der Waals surface area (Å²) in [6.45, 7) is 13.7. The number of methoxy groups -OCH3 is 1. The van der Waals surface area contributed by atoms with E-state index in [0.717, 1.165) is 38.5 Å². The Labute approximate surface area is 141 Å². The zero-order valence-electron chi connectivity index (χ0n) is 15.5. The maximum Gasteiger partial charge on any atom is 0.122 e. The molecule has 1 aromatic carbocycles. The molecule has 4 heteroatoms. The second-order valence-corrected chi connectivity index (χ2v) is 6.90. The van der Waals surface area contributed by atoms with Gasteiger partial charge >= 0.3 is 0 Å². The summed E-state index contributed by atoms with van der Waals surface area (Å²) in [5.74, 6) is 0.952. The highest BCUT2D eigenvalue weighted by atomic mass is 16.5. The van der Waals surface area contributed by atoms with Crippen LogP contribution < -0.4 is 10.1 Å². The van der Waals surface area contributed by atoms with E-state index >= 15 is 0 Å². The second kappa shape index (κ2) is 10.6. The molecule has 0 bridgehead atoms. The van der Waals surface area contributed by atoms with Gasteiger partial charge in [-0.25, -0.2) is 0 Å². The molecule has 0 aliphatic rings. The molecule has 0 radical (unpaired) electrons. The molecule has 23 heavy (non-hydrogen) atoms. The predicted octanol–water partition coefficient (Wildman–Crippen LogP) is 2.29. The van der Waals surface area contributed by atoms with Crippen molar-refractivity contribution < 1.29 is 19.5 Å². The van der Waals surface area contributed by atoms with Crippen molar-refractivity contribution in [2.45, 2.75) is 39.5 Å². The largest absolute Gasteiger partial charge is 0.491 e. The van der Waals surface area contributed by atoms with Crippen LogP contribution in [0.5, 0.6) is 5.75 Å². The molecule has 0 aliphatic carbocycles. The van der Waals surface area contributed by atoms with E-state index in [1.807, 2.05) is 0 Å². The summed E-state index contributed by atoms with van der Waals surface area (Å²) in [7, 11) is 1.74. The quantitative estimate of drug-likeness (QED) is 0.635. The monoisotopic (exact) mass is 324 g/mol. The zero-order valence-corrected chi connectivity index (χ0v) is 15.5. The smallest absolute Gasteiger partial charge is 0.122 e. The Hall–Kier alpha value is -1.10. The van der Waals surface area contributed by atoms with Gasteiger partial charge in [-0.2, -0.15) is 0 Å². The van der Waals surface area contributed by atoms with Crippen LogP contribution in [0.3, 0.4) is 0 Å². The first-order valence-electron chi connectivity index (χ1n) is 8.57. The lowest BCUT2D eigenvalue weighted by Gasteiger charge is -2.20. The molecule has 0 heterocycles. The van der Waals surface area contributed by atoms with Crippen LogP contribution in [-0.4, -0.2) is 46.6 Å². The molecule has 0 unspecified atom stereocenters. The molecule has 0 aliphatic heterocycles. The summed E-state index contributed by atoms with van der Waals surface area (Å²) >= 11 is 0. The summed E-state index contributed by atoms with van der Waals surface area (Å²) in [5, 5.41) is 2.26. The molecule has 0 atom stereocenters. The molecule has 0 aromatic heterocycles. The Balaban J connectivity index is 2.14. The van der Waals surface area contributed by atoms with Gasteiger partial charge in [-0.3, -0.25) is 0 Å². The Bertz CT molecular complexity index is 441. The number of aryl methyl sites for hydroxylation is 1. The molecule has 132 valence electrons. The van der Waals surface area contributed by atoms with Crippen LogP contribution in [0.1, 0.15) is 38.3 Å². The minimum atomic E-state index is 0.173. The normalized spacial score (nSPS) is 11.7. The van der Waals surface area contributed by atoms with Gasteiger partial charge in [-0.05, 0) is 29.5 Å². The molecule has 0 saturated carbocycles. The van der Waals surface area contributed by atoms with E-state index in [1.54, 1.807) is 7.11 Å². The number of quaternary nitrogens is 1. The summed E-state index contributed by atoms with van der Waals surface area (Å²) in [5.41, 5.74) is 2.69. The van der Waals surface area contributed by atoms with Gasteiger partial charge in [0.25, 0.3) is 0 Å². The number of hydrogen-bond donors (Lipinski definition) is 1. The fraction of sp³-hybridized carbons (Fsp3) is 0.684. The van der Waals surface area contributed by atoms with Crippen LogP contribution in [0, 0.1) is 6.92 Å². The van der Waals surface area contributed by atoms with Gasteiger partial charge in [0, 0.05) is 13.5 Å². The number of hydrogen-bond acceptors (Lipinski definition) is 3. The van der Waals surface area contributed by atoms with Crippen molar-refractivity contribution in [3.05, 3.63) is 29.3 Å². The van der Waals surface area contributed by atoms with Crippen molar-refractivity contribution in [3.8, 4) is 5.75 Å². The van der Waals surface area contributed by atoms with E-state index in [9.17, 15) is 0 Å². The fourth-order valence-corrected chi connectivity index (χ4v) is 2.27. The van der Waals surface area contributed by atoms with Crippen molar-refractivity contribution >= 4 is 0 Å². The highest BCUT2D eigenvalue weighted by Gasteiger charge is 2.14. The molecule has 4 nitrogen and oxygen atoms in total. The standard InChI is InChI=1S/C19H33NO3/c1-16-15-17(19(2,3)4)7-8-18(16)23-14-13-22-12-10-20-9-6-11-21-5/h7-8,15,20H,6,9-14H2,1-5H3/p+1. The van der Waals surface area contributed by atoms with Crippen LogP contribution in [0.2, 0.25) is 0 Å². The summed E-state index contributed by atoms with van der Waals surface area (Å²) in [6, 6.07) is 6.43. The lowest BCUT2D eigenvalue weighted by atomic mass is 9.86. The Morgan fingerprint density at radius 1 is 1.00 bits per heavy atom. The third kappa shape index (κ3) is 8.35. The zero-order chi connectivity index (χ0) is 17.1. The average Bonchev–Trinajstić information content (AvgIpc) is 2.49. The number of rotatable bonds is 11. The lowest BCUT2D eigenvalue weighted by Crippen LogP contribution is -2.85. The van der Waals surface area contributed by atoms with E-state index in [2.05, 4.69) is 51.2 Å². The maximum atomic E-state index is 5.81. The van der Waals surface area contributed by atoms with Crippen molar-refractivity contribution in [2.24, 2.45) is 0 Å². The average molecular weight is 324 g/mol. The van der Waals surface area contributed by atoms with Gasteiger partial charge < -0.3 is 19.5 Å². The Kier molecular flexibility index (Phi) is 9.22.